The normalized spacial score (nSPS) is 12.3. The Morgan fingerprint density at radius 2 is 2.22 bits per heavy atom. The highest BCUT2D eigenvalue weighted by molar-refractivity contribution is 14.1. The molecule has 0 spiro atoms. The molecule has 0 heterocycles. The maximum atomic E-state index is 13.6. The topological polar surface area (TPSA) is 38.3 Å². The number of methoxy groups -OCH3 is 1. The highest BCUT2D eigenvalue weighted by Crippen LogP contribution is 2.21. The van der Waals surface area contributed by atoms with Gasteiger partial charge < -0.3 is 10.1 Å². The van der Waals surface area contributed by atoms with Crippen LogP contribution < -0.4 is 5.32 Å². The van der Waals surface area contributed by atoms with E-state index in [9.17, 15) is 13.6 Å². The number of esters is 1. The number of carbonyl (C=O) groups is 1. The second-order valence-electron chi connectivity index (χ2n) is 3.44. The summed E-state index contributed by atoms with van der Waals surface area (Å²) in [7, 11) is 1.29. The zero-order valence-electron chi connectivity index (χ0n) is 9.47. The monoisotopic (exact) mass is 433 g/mol. The summed E-state index contributed by atoms with van der Waals surface area (Å²) in [6.07, 6.45) is 0. The van der Waals surface area contributed by atoms with E-state index in [-0.39, 0.29) is 29.1 Å². The summed E-state index contributed by atoms with van der Waals surface area (Å²) < 4.78 is 31.3. The molecule has 7 heteroatoms. The minimum Gasteiger partial charge on any atom is -0.468 e. The molecule has 0 radical (unpaired) electrons. The Labute approximate surface area is 126 Å². The molecule has 0 aromatic heterocycles. The van der Waals surface area contributed by atoms with Crippen molar-refractivity contribution in [1.82, 2.24) is 5.32 Å². The fourth-order valence-corrected chi connectivity index (χ4v) is 2.20. The van der Waals surface area contributed by atoms with Crippen LogP contribution in [0.15, 0.2) is 16.6 Å². The molecular weight excluding hydrogens is 423 g/mol. The summed E-state index contributed by atoms with van der Waals surface area (Å²) in [6.45, 7) is 0.284. The van der Waals surface area contributed by atoms with Gasteiger partial charge in [-0.1, -0.05) is 22.6 Å². The van der Waals surface area contributed by atoms with Gasteiger partial charge in [-0.15, -0.1) is 0 Å². The van der Waals surface area contributed by atoms with E-state index in [4.69, 9.17) is 0 Å². The molecule has 100 valence electrons. The maximum absolute atomic E-state index is 13.6. The smallest absolute Gasteiger partial charge is 0.319 e. The lowest BCUT2D eigenvalue weighted by atomic mass is 10.2. The lowest BCUT2D eigenvalue weighted by molar-refractivity contribution is -0.139. The van der Waals surface area contributed by atoms with Crippen molar-refractivity contribution in [2.45, 2.75) is 10.5 Å². The van der Waals surface area contributed by atoms with E-state index in [0.717, 1.165) is 0 Å². The van der Waals surface area contributed by atoms with Crippen molar-refractivity contribution < 1.29 is 18.3 Å². The molecule has 0 saturated heterocycles. The van der Waals surface area contributed by atoms with Crippen molar-refractivity contribution in [1.29, 1.82) is 0 Å². The first-order valence-electron chi connectivity index (χ1n) is 5.02. The predicted molar refractivity (Wildman–Crippen MR) is 75.6 cm³/mol. The molecule has 1 atom stereocenters. The first-order chi connectivity index (χ1) is 8.47. The molecule has 18 heavy (non-hydrogen) atoms. The van der Waals surface area contributed by atoms with Crippen LogP contribution in [0.2, 0.25) is 0 Å². The summed E-state index contributed by atoms with van der Waals surface area (Å²) in [5, 5.41) is 2.82. The van der Waals surface area contributed by atoms with Crippen LogP contribution in [-0.2, 0) is 16.1 Å². The molecule has 0 saturated carbocycles. The van der Waals surface area contributed by atoms with E-state index in [0.29, 0.717) is 0 Å². The molecule has 1 N–H and O–H groups in total. The third kappa shape index (κ3) is 4.13. The van der Waals surface area contributed by atoms with Crippen LogP contribution >= 0.6 is 38.5 Å². The standard InChI is InChI=1S/C11H11BrF2INO2/c1-18-11(17)9(15)5-16-4-6-8(13)3-2-7(12)10(6)14/h2-3,9,16H,4-5H2,1H3. The van der Waals surface area contributed by atoms with Crippen molar-refractivity contribution in [2.75, 3.05) is 13.7 Å². The van der Waals surface area contributed by atoms with E-state index in [1.54, 1.807) is 0 Å². The van der Waals surface area contributed by atoms with Gasteiger partial charge in [-0.2, -0.15) is 0 Å². The molecule has 0 bridgehead atoms. The van der Waals surface area contributed by atoms with E-state index in [2.05, 4.69) is 26.0 Å². The van der Waals surface area contributed by atoms with E-state index in [1.807, 2.05) is 22.6 Å². The first-order valence-corrected chi connectivity index (χ1v) is 7.06. The van der Waals surface area contributed by atoms with Gasteiger partial charge in [0.25, 0.3) is 0 Å². The summed E-state index contributed by atoms with van der Waals surface area (Å²) in [4.78, 5) is 11.1. The number of carbonyl (C=O) groups excluding carboxylic acids is 1. The molecule has 1 unspecified atom stereocenters. The Hall–Kier alpha value is -0.280. The zero-order chi connectivity index (χ0) is 13.7. The molecule has 1 aromatic rings. The van der Waals surface area contributed by atoms with Gasteiger partial charge in [-0.05, 0) is 28.1 Å². The number of alkyl halides is 1. The average molecular weight is 434 g/mol. The molecule has 1 aromatic carbocycles. The second-order valence-corrected chi connectivity index (χ2v) is 5.80. The van der Waals surface area contributed by atoms with E-state index < -0.39 is 15.6 Å². The fourth-order valence-electron chi connectivity index (χ4n) is 1.27. The van der Waals surface area contributed by atoms with Crippen LogP contribution in [0.3, 0.4) is 0 Å². The summed E-state index contributed by atoms with van der Waals surface area (Å²) in [5.74, 6) is -1.63. The van der Waals surface area contributed by atoms with Crippen LogP contribution in [0.5, 0.6) is 0 Å². The number of rotatable bonds is 5. The van der Waals surface area contributed by atoms with Crippen molar-refractivity contribution in [3.63, 3.8) is 0 Å². The van der Waals surface area contributed by atoms with Gasteiger partial charge in [0.15, 0.2) is 0 Å². The SMILES string of the molecule is COC(=O)C(I)CNCc1c(F)ccc(Br)c1F. The second kappa shape index (κ2) is 7.34. The van der Waals surface area contributed by atoms with Crippen LogP contribution in [0.1, 0.15) is 5.56 Å². The third-order valence-corrected chi connectivity index (χ3v) is 3.78. The maximum Gasteiger partial charge on any atom is 0.319 e. The molecule has 0 amide bonds. The number of hydrogen-bond donors (Lipinski definition) is 1. The van der Waals surface area contributed by atoms with Crippen molar-refractivity contribution in [3.8, 4) is 0 Å². The first kappa shape index (κ1) is 15.8. The zero-order valence-corrected chi connectivity index (χ0v) is 13.2. The van der Waals surface area contributed by atoms with Crippen LogP contribution in [0, 0.1) is 11.6 Å². The Kier molecular flexibility index (Phi) is 6.44. The predicted octanol–water partition coefficient (Wildman–Crippen LogP) is 2.79. The molecule has 0 aliphatic carbocycles. The van der Waals surface area contributed by atoms with E-state index >= 15 is 0 Å². The Balaban J connectivity index is 2.59. The average Bonchev–Trinajstić information content (AvgIpc) is 2.36. The highest BCUT2D eigenvalue weighted by atomic mass is 127. The van der Waals surface area contributed by atoms with E-state index in [1.165, 1.54) is 19.2 Å². The number of ether oxygens (including phenoxy) is 1. The largest absolute Gasteiger partial charge is 0.468 e. The minimum atomic E-state index is -0.634. The lowest BCUT2D eigenvalue weighted by Gasteiger charge is -2.11. The summed E-state index contributed by atoms with van der Waals surface area (Å²) in [5.41, 5.74) is -0.0576. The number of benzene rings is 1. The number of nitrogens with one attached hydrogen (secondary N) is 1. The van der Waals surface area contributed by atoms with Gasteiger partial charge in [-0.3, -0.25) is 4.79 Å². The molecule has 1 rings (SSSR count). The summed E-state index contributed by atoms with van der Waals surface area (Å²) >= 11 is 4.89. The fraction of sp³-hybridized carbons (Fsp3) is 0.364. The van der Waals surface area contributed by atoms with Gasteiger partial charge in [0.05, 0.1) is 11.6 Å². The van der Waals surface area contributed by atoms with Gasteiger partial charge in [0.1, 0.15) is 15.6 Å². The summed E-state index contributed by atoms with van der Waals surface area (Å²) in [6, 6.07) is 2.50. The molecule has 0 aliphatic heterocycles. The van der Waals surface area contributed by atoms with Crippen molar-refractivity contribution >= 4 is 44.5 Å². The highest BCUT2D eigenvalue weighted by Gasteiger charge is 2.16. The van der Waals surface area contributed by atoms with Crippen LogP contribution in [0.25, 0.3) is 0 Å². The minimum absolute atomic E-state index is 0.00754. The quantitative estimate of drug-likeness (QED) is 0.336. The Morgan fingerprint density at radius 3 is 2.83 bits per heavy atom. The molecule has 0 fully saturated rings. The van der Waals surface area contributed by atoms with Crippen LogP contribution in [-0.4, -0.2) is 23.5 Å². The lowest BCUT2D eigenvalue weighted by Crippen LogP contribution is -2.29. The van der Waals surface area contributed by atoms with Crippen LogP contribution in [0.4, 0.5) is 8.78 Å². The van der Waals surface area contributed by atoms with Gasteiger partial charge in [0, 0.05) is 18.7 Å². The third-order valence-electron chi connectivity index (χ3n) is 2.22. The van der Waals surface area contributed by atoms with Gasteiger partial charge in [-0.25, -0.2) is 8.78 Å². The van der Waals surface area contributed by atoms with Gasteiger partial charge >= 0.3 is 5.97 Å². The number of halogens is 4. The Bertz CT molecular complexity index is 445. The van der Waals surface area contributed by atoms with Gasteiger partial charge in [0.2, 0.25) is 0 Å². The number of hydrogen-bond acceptors (Lipinski definition) is 3. The van der Waals surface area contributed by atoms with Crippen molar-refractivity contribution in [3.05, 3.63) is 33.8 Å². The Morgan fingerprint density at radius 1 is 1.56 bits per heavy atom. The molecular formula is C11H11BrF2INO2. The molecule has 3 nitrogen and oxygen atoms in total. The molecule has 0 aliphatic rings. The van der Waals surface area contributed by atoms with Crippen molar-refractivity contribution in [2.24, 2.45) is 0 Å².